The molecule has 4 nitrogen and oxygen atoms in total. The number of rotatable bonds is 2. The summed E-state index contributed by atoms with van der Waals surface area (Å²) in [4.78, 5) is 14.1. The number of hydrogen-bond acceptors (Lipinski definition) is 2. The largest absolute Gasteiger partial charge is 0.345 e. The van der Waals surface area contributed by atoms with Crippen LogP contribution in [-0.4, -0.2) is 41.6 Å². The van der Waals surface area contributed by atoms with Crippen molar-refractivity contribution in [3.8, 4) is 0 Å². The highest BCUT2D eigenvalue weighted by atomic mass is 79.9. The van der Waals surface area contributed by atoms with Crippen molar-refractivity contribution in [3.63, 3.8) is 0 Å². The molecule has 1 saturated heterocycles. The minimum atomic E-state index is 0.117. The van der Waals surface area contributed by atoms with E-state index < -0.39 is 0 Å². The summed E-state index contributed by atoms with van der Waals surface area (Å²) in [5, 5.41) is 3.21. The van der Waals surface area contributed by atoms with Gasteiger partial charge in [-0.3, -0.25) is 4.79 Å². The van der Waals surface area contributed by atoms with Crippen LogP contribution in [0.3, 0.4) is 0 Å². The predicted molar refractivity (Wildman–Crippen MR) is 66.5 cm³/mol. The van der Waals surface area contributed by atoms with E-state index >= 15 is 0 Å². The summed E-state index contributed by atoms with van der Waals surface area (Å²) >= 11 is 3.38. The zero-order chi connectivity index (χ0) is 11.7. The second kappa shape index (κ2) is 4.59. The maximum absolute atomic E-state index is 12.2. The second-order valence-electron chi connectivity index (χ2n) is 4.18. The van der Waals surface area contributed by atoms with E-state index in [1.807, 2.05) is 35.8 Å². The summed E-state index contributed by atoms with van der Waals surface area (Å²) in [6, 6.07) is 2.31. The van der Waals surface area contributed by atoms with Gasteiger partial charge in [-0.2, -0.15) is 0 Å². The molecule has 1 aromatic heterocycles. The first-order valence-corrected chi connectivity index (χ1v) is 6.19. The normalized spacial score (nSPS) is 20.4. The Morgan fingerprint density at radius 1 is 1.62 bits per heavy atom. The fraction of sp³-hybridized carbons (Fsp3) is 0.545. The molecule has 0 spiro atoms. The van der Waals surface area contributed by atoms with Crippen molar-refractivity contribution in [1.82, 2.24) is 14.8 Å². The first-order valence-electron chi connectivity index (χ1n) is 5.40. The zero-order valence-corrected chi connectivity index (χ0v) is 11.1. The molecule has 2 rings (SSSR count). The molecule has 88 valence electrons. The minimum absolute atomic E-state index is 0.117. The SMILES string of the molecule is CNC1CCN(C(=O)c2cc(Br)cn2C)C1. The summed E-state index contributed by atoms with van der Waals surface area (Å²) in [6.07, 6.45) is 2.94. The molecule has 1 N–H and O–H groups in total. The predicted octanol–water partition coefficient (Wildman–Crippen LogP) is 1.22. The van der Waals surface area contributed by atoms with Gasteiger partial charge in [0.05, 0.1) is 0 Å². The Bertz CT molecular complexity index is 402. The molecular formula is C11H16BrN3O. The fourth-order valence-corrected chi connectivity index (χ4v) is 2.60. The lowest BCUT2D eigenvalue weighted by molar-refractivity contribution is 0.0780. The van der Waals surface area contributed by atoms with Gasteiger partial charge in [0.1, 0.15) is 5.69 Å². The summed E-state index contributed by atoms with van der Waals surface area (Å²) in [5.41, 5.74) is 0.739. The van der Waals surface area contributed by atoms with Crippen LogP contribution in [0, 0.1) is 0 Å². The number of nitrogens with one attached hydrogen (secondary N) is 1. The van der Waals surface area contributed by atoms with Crippen molar-refractivity contribution in [2.75, 3.05) is 20.1 Å². The highest BCUT2D eigenvalue weighted by molar-refractivity contribution is 9.10. The molecule has 1 aliphatic heterocycles. The number of carbonyl (C=O) groups excluding carboxylic acids is 1. The van der Waals surface area contributed by atoms with Gasteiger partial charge in [0.15, 0.2) is 0 Å². The average molecular weight is 286 g/mol. The van der Waals surface area contributed by atoms with Crippen LogP contribution in [0.5, 0.6) is 0 Å². The van der Waals surface area contributed by atoms with Gasteiger partial charge >= 0.3 is 0 Å². The van der Waals surface area contributed by atoms with Crippen LogP contribution in [-0.2, 0) is 7.05 Å². The van der Waals surface area contributed by atoms with Gasteiger partial charge in [-0.05, 0) is 35.5 Å². The van der Waals surface area contributed by atoms with E-state index in [4.69, 9.17) is 0 Å². The molecule has 0 radical (unpaired) electrons. The van der Waals surface area contributed by atoms with E-state index in [9.17, 15) is 4.79 Å². The summed E-state index contributed by atoms with van der Waals surface area (Å²) in [5.74, 6) is 0.117. The molecular weight excluding hydrogens is 270 g/mol. The molecule has 1 atom stereocenters. The Hall–Kier alpha value is -0.810. The van der Waals surface area contributed by atoms with E-state index in [0.29, 0.717) is 6.04 Å². The van der Waals surface area contributed by atoms with Crippen molar-refractivity contribution in [2.45, 2.75) is 12.5 Å². The van der Waals surface area contributed by atoms with E-state index in [1.165, 1.54) is 0 Å². The molecule has 0 aromatic carbocycles. The Kier molecular flexibility index (Phi) is 3.35. The van der Waals surface area contributed by atoms with Crippen LogP contribution in [0.2, 0.25) is 0 Å². The number of nitrogens with zero attached hydrogens (tertiary/aromatic N) is 2. The standard InChI is InChI=1S/C11H16BrN3O/c1-13-9-3-4-15(7-9)11(16)10-5-8(12)6-14(10)2/h5-6,9,13H,3-4,7H2,1-2H3. The smallest absolute Gasteiger partial charge is 0.270 e. The number of halogens is 1. The fourth-order valence-electron chi connectivity index (χ4n) is 2.08. The topological polar surface area (TPSA) is 37.3 Å². The first-order chi connectivity index (χ1) is 7.61. The molecule has 0 saturated carbocycles. The molecule has 5 heteroatoms. The number of carbonyl (C=O) groups is 1. The van der Waals surface area contributed by atoms with Crippen molar-refractivity contribution in [1.29, 1.82) is 0 Å². The first kappa shape index (κ1) is 11.7. The van der Waals surface area contributed by atoms with Gasteiger partial charge in [0.2, 0.25) is 0 Å². The highest BCUT2D eigenvalue weighted by Gasteiger charge is 2.27. The van der Waals surface area contributed by atoms with E-state index in [1.54, 1.807) is 0 Å². The van der Waals surface area contributed by atoms with Crippen LogP contribution < -0.4 is 5.32 Å². The molecule has 16 heavy (non-hydrogen) atoms. The van der Waals surface area contributed by atoms with Gasteiger partial charge in [0, 0.05) is 36.8 Å². The number of aromatic nitrogens is 1. The Morgan fingerprint density at radius 3 is 2.88 bits per heavy atom. The molecule has 1 fully saturated rings. The Labute approximate surface area is 104 Å². The number of likely N-dealkylation sites (tertiary alicyclic amines) is 1. The summed E-state index contributed by atoms with van der Waals surface area (Å²) < 4.78 is 2.81. The Morgan fingerprint density at radius 2 is 2.38 bits per heavy atom. The van der Waals surface area contributed by atoms with E-state index in [-0.39, 0.29) is 5.91 Å². The van der Waals surface area contributed by atoms with Crippen LogP contribution in [0.1, 0.15) is 16.9 Å². The van der Waals surface area contributed by atoms with Crippen molar-refractivity contribution >= 4 is 21.8 Å². The van der Waals surface area contributed by atoms with Gasteiger partial charge in [-0.1, -0.05) is 0 Å². The molecule has 2 heterocycles. The Balaban J connectivity index is 2.11. The maximum Gasteiger partial charge on any atom is 0.270 e. The van der Waals surface area contributed by atoms with Crippen LogP contribution in [0.15, 0.2) is 16.7 Å². The number of likely N-dealkylation sites (N-methyl/N-ethyl adjacent to an activating group) is 1. The lowest BCUT2D eigenvalue weighted by atomic mass is 10.3. The third-order valence-corrected chi connectivity index (χ3v) is 3.51. The molecule has 1 unspecified atom stereocenters. The van der Waals surface area contributed by atoms with Gasteiger partial charge < -0.3 is 14.8 Å². The molecule has 0 aliphatic carbocycles. The molecule has 1 amide bonds. The summed E-state index contributed by atoms with van der Waals surface area (Å²) in [7, 11) is 3.83. The number of amides is 1. The monoisotopic (exact) mass is 285 g/mol. The zero-order valence-electron chi connectivity index (χ0n) is 9.53. The quantitative estimate of drug-likeness (QED) is 0.887. The van der Waals surface area contributed by atoms with Crippen molar-refractivity contribution in [3.05, 3.63) is 22.4 Å². The van der Waals surface area contributed by atoms with Gasteiger partial charge in [-0.25, -0.2) is 0 Å². The number of hydrogen-bond donors (Lipinski definition) is 1. The van der Waals surface area contributed by atoms with Gasteiger partial charge in [-0.15, -0.1) is 0 Å². The minimum Gasteiger partial charge on any atom is -0.345 e. The van der Waals surface area contributed by atoms with E-state index in [2.05, 4.69) is 21.2 Å². The van der Waals surface area contributed by atoms with Crippen molar-refractivity contribution < 1.29 is 4.79 Å². The third kappa shape index (κ3) is 2.15. The lowest BCUT2D eigenvalue weighted by Gasteiger charge is -2.16. The average Bonchev–Trinajstić information content (AvgIpc) is 2.84. The van der Waals surface area contributed by atoms with Gasteiger partial charge in [0.25, 0.3) is 5.91 Å². The second-order valence-corrected chi connectivity index (χ2v) is 5.10. The lowest BCUT2D eigenvalue weighted by Crippen LogP contribution is -2.34. The number of aryl methyl sites for hydroxylation is 1. The molecule has 1 aliphatic rings. The summed E-state index contributed by atoms with van der Waals surface area (Å²) in [6.45, 7) is 1.64. The van der Waals surface area contributed by atoms with E-state index in [0.717, 1.165) is 29.7 Å². The highest BCUT2D eigenvalue weighted by Crippen LogP contribution is 2.18. The van der Waals surface area contributed by atoms with Crippen molar-refractivity contribution in [2.24, 2.45) is 7.05 Å². The van der Waals surface area contributed by atoms with Crippen LogP contribution in [0.25, 0.3) is 0 Å². The molecule has 1 aromatic rings. The maximum atomic E-state index is 12.2. The van der Waals surface area contributed by atoms with Crippen LogP contribution >= 0.6 is 15.9 Å². The van der Waals surface area contributed by atoms with Crippen LogP contribution in [0.4, 0.5) is 0 Å². The molecule has 0 bridgehead atoms. The third-order valence-electron chi connectivity index (χ3n) is 3.07.